The fraction of sp³-hybridized carbons (Fsp3) is 0.267. The van der Waals surface area contributed by atoms with Crippen LogP contribution >= 0.6 is 11.6 Å². The van der Waals surface area contributed by atoms with Gasteiger partial charge in [0.15, 0.2) is 11.6 Å². The predicted molar refractivity (Wildman–Crippen MR) is 77.1 cm³/mol. The standard InChI is InChI=1S/C15H16ClFN2/c1-10(2)12-5-3-11(4-6-12)8-18-15-14(17)7-13(16)9-19-15/h3-7,9-10H,8H2,1-2H3,(H,18,19). The minimum Gasteiger partial charge on any atom is -0.364 e. The van der Waals surface area contributed by atoms with Crippen molar-refractivity contribution in [2.75, 3.05) is 5.32 Å². The first-order valence-electron chi connectivity index (χ1n) is 6.20. The Morgan fingerprint density at radius 3 is 2.53 bits per heavy atom. The molecule has 0 fully saturated rings. The summed E-state index contributed by atoms with van der Waals surface area (Å²) in [6.07, 6.45) is 1.43. The van der Waals surface area contributed by atoms with Crippen molar-refractivity contribution < 1.29 is 4.39 Å². The zero-order chi connectivity index (χ0) is 13.8. The van der Waals surface area contributed by atoms with Gasteiger partial charge in [0, 0.05) is 12.7 Å². The van der Waals surface area contributed by atoms with Gasteiger partial charge in [0.1, 0.15) is 0 Å². The molecule has 1 heterocycles. The minimum atomic E-state index is -0.439. The molecule has 0 spiro atoms. The zero-order valence-corrected chi connectivity index (χ0v) is 11.7. The molecule has 100 valence electrons. The van der Waals surface area contributed by atoms with Crippen molar-refractivity contribution in [2.45, 2.75) is 26.3 Å². The predicted octanol–water partition coefficient (Wildman–Crippen LogP) is 4.61. The summed E-state index contributed by atoms with van der Waals surface area (Å²) >= 11 is 5.65. The van der Waals surface area contributed by atoms with Gasteiger partial charge in [-0.25, -0.2) is 9.37 Å². The minimum absolute atomic E-state index is 0.220. The highest BCUT2D eigenvalue weighted by Crippen LogP contribution is 2.18. The van der Waals surface area contributed by atoms with E-state index in [-0.39, 0.29) is 5.82 Å². The number of halogens is 2. The van der Waals surface area contributed by atoms with Gasteiger partial charge in [-0.2, -0.15) is 0 Å². The maximum atomic E-state index is 13.5. The van der Waals surface area contributed by atoms with Crippen LogP contribution < -0.4 is 5.32 Å². The van der Waals surface area contributed by atoms with Gasteiger partial charge in [-0.3, -0.25) is 0 Å². The van der Waals surface area contributed by atoms with E-state index in [1.807, 2.05) is 12.1 Å². The van der Waals surface area contributed by atoms with Gasteiger partial charge in [0.25, 0.3) is 0 Å². The lowest BCUT2D eigenvalue weighted by Crippen LogP contribution is -2.03. The van der Waals surface area contributed by atoms with Crippen LogP contribution in [-0.2, 0) is 6.54 Å². The summed E-state index contributed by atoms with van der Waals surface area (Å²) in [6.45, 7) is 4.84. The molecule has 0 amide bonds. The molecular formula is C15H16ClFN2. The zero-order valence-electron chi connectivity index (χ0n) is 11.0. The average molecular weight is 279 g/mol. The molecule has 0 saturated carbocycles. The van der Waals surface area contributed by atoms with E-state index in [2.05, 4.69) is 36.3 Å². The van der Waals surface area contributed by atoms with Crippen LogP contribution in [-0.4, -0.2) is 4.98 Å². The monoisotopic (exact) mass is 278 g/mol. The highest BCUT2D eigenvalue weighted by atomic mass is 35.5. The summed E-state index contributed by atoms with van der Waals surface area (Å²) in [5.74, 6) is 0.293. The third kappa shape index (κ3) is 3.67. The van der Waals surface area contributed by atoms with E-state index in [0.29, 0.717) is 17.5 Å². The quantitative estimate of drug-likeness (QED) is 0.883. The molecule has 0 atom stereocenters. The van der Waals surface area contributed by atoms with Crippen molar-refractivity contribution in [1.29, 1.82) is 0 Å². The average Bonchev–Trinajstić information content (AvgIpc) is 2.38. The van der Waals surface area contributed by atoms with Crippen LogP contribution in [0.25, 0.3) is 0 Å². The van der Waals surface area contributed by atoms with Crippen LogP contribution in [0.5, 0.6) is 0 Å². The smallest absolute Gasteiger partial charge is 0.166 e. The summed E-state index contributed by atoms with van der Waals surface area (Å²) in [7, 11) is 0. The molecule has 2 rings (SSSR count). The molecule has 1 N–H and O–H groups in total. The number of pyridine rings is 1. The molecule has 0 unspecified atom stereocenters. The molecule has 0 aliphatic rings. The third-order valence-electron chi connectivity index (χ3n) is 2.91. The molecule has 19 heavy (non-hydrogen) atoms. The van der Waals surface area contributed by atoms with Crippen LogP contribution in [0.15, 0.2) is 36.5 Å². The van der Waals surface area contributed by atoms with Gasteiger partial charge in [-0.15, -0.1) is 0 Å². The summed E-state index contributed by atoms with van der Waals surface area (Å²) < 4.78 is 13.5. The summed E-state index contributed by atoms with van der Waals surface area (Å²) in [5, 5.41) is 3.26. The lowest BCUT2D eigenvalue weighted by molar-refractivity contribution is 0.624. The number of hydrogen-bond donors (Lipinski definition) is 1. The van der Waals surface area contributed by atoms with Crippen LogP contribution in [0, 0.1) is 5.82 Å². The number of aromatic nitrogens is 1. The Hall–Kier alpha value is -1.61. The molecule has 1 aromatic carbocycles. The third-order valence-corrected chi connectivity index (χ3v) is 3.12. The molecule has 0 saturated heterocycles. The fourth-order valence-corrected chi connectivity index (χ4v) is 1.90. The summed E-state index contributed by atoms with van der Waals surface area (Å²) in [6, 6.07) is 9.51. The van der Waals surface area contributed by atoms with Crippen molar-refractivity contribution in [3.8, 4) is 0 Å². The fourth-order valence-electron chi connectivity index (χ4n) is 1.75. The van der Waals surface area contributed by atoms with E-state index in [0.717, 1.165) is 5.56 Å². The van der Waals surface area contributed by atoms with E-state index in [1.54, 1.807) is 0 Å². The SMILES string of the molecule is CC(C)c1ccc(CNc2ncc(Cl)cc2F)cc1. The number of anilines is 1. The Bertz CT molecular complexity index is 553. The van der Waals surface area contributed by atoms with Crippen molar-refractivity contribution in [3.63, 3.8) is 0 Å². The van der Waals surface area contributed by atoms with Gasteiger partial charge in [-0.1, -0.05) is 49.7 Å². The van der Waals surface area contributed by atoms with Crippen molar-refractivity contribution in [2.24, 2.45) is 0 Å². The molecular weight excluding hydrogens is 263 g/mol. The normalized spacial score (nSPS) is 10.8. The second-order valence-electron chi connectivity index (χ2n) is 4.73. The highest BCUT2D eigenvalue weighted by Gasteiger charge is 2.04. The Labute approximate surface area is 117 Å². The molecule has 2 nitrogen and oxygen atoms in total. The van der Waals surface area contributed by atoms with Crippen LogP contribution in [0.2, 0.25) is 5.02 Å². The van der Waals surface area contributed by atoms with Gasteiger partial charge >= 0.3 is 0 Å². The van der Waals surface area contributed by atoms with Gasteiger partial charge < -0.3 is 5.32 Å². The second-order valence-corrected chi connectivity index (χ2v) is 5.17. The Morgan fingerprint density at radius 2 is 1.95 bits per heavy atom. The number of rotatable bonds is 4. The molecule has 2 aromatic rings. The molecule has 1 aromatic heterocycles. The van der Waals surface area contributed by atoms with Crippen LogP contribution in [0.1, 0.15) is 30.9 Å². The molecule has 4 heteroatoms. The van der Waals surface area contributed by atoms with E-state index in [4.69, 9.17) is 11.6 Å². The molecule has 0 aliphatic carbocycles. The van der Waals surface area contributed by atoms with Crippen molar-refractivity contribution in [3.05, 3.63) is 58.5 Å². The second kappa shape index (κ2) is 6.02. The van der Waals surface area contributed by atoms with Crippen molar-refractivity contribution >= 4 is 17.4 Å². The maximum absolute atomic E-state index is 13.5. The van der Waals surface area contributed by atoms with E-state index in [9.17, 15) is 4.39 Å². The maximum Gasteiger partial charge on any atom is 0.166 e. The van der Waals surface area contributed by atoms with E-state index in [1.165, 1.54) is 17.8 Å². The Balaban J connectivity index is 2.02. The Kier molecular flexibility index (Phi) is 4.38. The lowest BCUT2D eigenvalue weighted by Gasteiger charge is -2.09. The van der Waals surface area contributed by atoms with Gasteiger partial charge in [0.05, 0.1) is 5.02 Å². The number of hydrogen-bond acceptors (Lipinski definition) is 2. The molecule has 0 aliphatic heterocycles. The molecule has 0 bridgehead atoms. The van der Waals surface area contributed by atoms with Crippen molar-refractivity contribution in [1.82, 2.24) is 4.98 Å². The largest absolute Gasteiger partial charge is 0.364 e. The topological polar surface area (TPSA) is 24.9 Å². The summed E-state index contributed by atoms with van der Waals surface area (Å²) in [4.78, 5) is 3.92. The van der Waals surface area contributed by atoms with E-state index >= 15 is 0 Å². The lowest BCUT2D eigenvalue weighted by atomic mass is 10.0. The number of nitrogens with one attached hydrogen (secondary N) is 1. The first kappa shape index (κ1) is 13.8. The van der Waals surface area contributed by atoms with E-state index < -0.39 is 5.82 Å². The van der Waals surface area contributed by atoms with Crippen LogP contribution in [0.3, 0.4) is 0 Å². The Morgan fingerprint density at radius 1 is 1.26 bits per heavy atom. The molecule has 0 radical (unpaired) electrons. The summed E-state index contributed by atoms with van der Waals surface area (Å²) in [5.41, 5.74) is 2.38. The van der Waals surface area contributed by atoms with Gasteiger partial charge in [0.2, 0.25) is 0 Å². The highest BCUT2D eigenvalue weighted by molar-refractivity contribution is 6.30. The van der Waals surface area contributed by atoms with Gasteiger partial charge in [-0.05, 0) is 23.1 Å². The first-order chi connectivity index (χ1) is 9.06. The number of nitrogens with zero attached hydrogens (tertiary/aromatic N) is 1. The first-order valence-corrected chi connectivity index (χ1v) is 6.58. The van der Waals surface area contributed by atoms with Crippen LogP contribution in [0.4, 0.5) is 10.2 Å². The number of benzene rings is 1.